The van der Waals surface area contributed by atoms with Gasteiger partial charge in [0.1, 0.15) is 5.75 Å². The van der Waals surface area contributed by atoms with Crippen LogP contribution in [0.4, 0.5) is 10.5 Å². The van der Waals surface area contributed by atoms with Crippen LogP contribution in [0.1, 0.15) is 35.4 Å². The first-order valence-corrected chi connectivity index (χ1v) is 9.20. The van der Waals surface area contributed by atoms with Crippen molar-refractivity contribution in [3.8, 4) is 5.75 Å². The van der Waals surface area contributed by atoms with E-state index >= 15 is 0 Å². The lowest BCUT2D eigenvalue weighted by Gasteiger charge is -2.21. The molecular weight excluding hydrogens is 346 g/mol. The van der Waals surface area contributed by atoms with Crippen molar-refractivity contribution in [1.29, 1.82) is 0 Å². The number of nitrogens with one attached hydrogen (secondary N) is 2. The van der Waals surface area contributed by atoms with Crippen molar-refractivity contribution >= 4 is 17.6 Å². The van der Waals surface area contributed by atoms with Crippen LogP contribution in [0.15, 0.2) is 30.3 Å². The fraction of sp³-hybridized carbons (Fsp3) is 0.421. The molecule has 0 spiro atoms. The number of urea groups is 1. The lowest BCUT2D eigenvalue weighted by Crippen LogP contribution is -2.34. The molecule has 0 bridgehead atoms. The normalized spacial score (nSPS) is 16.3. The number of aromatic nitrogens is 2. The second-order valence-electron chi connectivity index (χ2n) is 6.90. The Balaban J connectivity index is 1.46. The lowest BCUT2D eigenvalue weighted by molar-refractivity contribution is 0.0945. The minimum Gasteiger partial charge on any atom is -0.495 e. The molecule has 4 rings (SSSR count). The zero-order chi connectivity index (χ0) is 18.8. The topological polar surface area (TPSA) is 88.5 Å². The highest BCUT2D eigenvalue weighted by Gasteiger charge is 2.27. The van der Waals surface area contributed by atoms with E-state index in [-0.39, 0.29) is 11.9 Å². The number of ether oxygens (including phenoxy) is 1. The Morgan fingerprint density at radius 3 is 2.81 bits per heavy atom. The Labute approximate surface area is 157 Å². The number of hydrogen-bond donors (Lipinski definition) is 2. The molecular formula is C19H23N5O3. The molecule has 1 aromatic heterocycles. The van der Waals surface area contributed by atoms with E-state index in [1.54, 1.807) is 30.2 Å². The Kier molecular flexibility index (Phi) is 4.70. The Morgan fingerprint density at radius 2 is 2.04 bits per heavy atom. The maximum Gasteiger partial charge on any atom is 0.322 e. The molecule has 2 aliphatic rings. The van der Waals surface area contributed by atoms with Crippen molar-refractivity contribution in [1.82, 2.24) is 20.0 Å². The van der Waals surface area contributed by atoms with Gasteiger partial charge in [0.15, 0.2) is 5.69 Å². The molecule has 8 heteroatoms. The molecule has 0 radical (unpaired) electrons. The Hall–Kier alpha value is -3.03. The summed E-state index contributed by atoms with van der Waals surface area (Å²) in [4.78, 5) is 26.7. The quantitative estimate of drug-likeness (QED) is 0.865. The van der Waals surface area contributed by atoms with E-state index in [1.165, 1.54) is 0 Å². The van der Waals surface area contributed by atoms with Gasteiger partial charge >= 0.3 is 6.03 Å². The summed E-state index contributed by atoms with van der Waals surface area (Å²) in [6.45, 7) is 1.71. The SMILES string of the molecule is COc1ccccc1NC(=O)N1CCCn2nc(C(=O)NC3CC3)cc2C1. The van der Waals surface area contributed by atoms with Gasteiger partial charge in [0.25, 0.3) is 5.91 Å². The number of amides is 3. The summed E-state index contributed by atoms with van der Waals surface area (Å²) >= 11 is 0. The van der Waals surface area contributed by atoms with Gasteiger partial charge in [-0.1, -0.05) is 12.1 Å². The molecule has 0 unspecified atom stereocenters. The monoisotopic (exact) mass is 369 g/mol. The maximum absolute atomic E-state index is 12.7. The minimum absolute atomic E-state index is 0.136. The van der Waals surface area contributed by atoms with Crippen LogP contribution in [0.2, 0.25) is 0 Å². The molecule has 2 heterocycles. The van der Waals surface area contributed by atoms with Gasteiger partial charge in [-0.25, -0.2) is 4.79 Å². The lowest BCUT2D eigenvalue weighted by atomic mass is 10.3. The molecule has 1 aliphatic carbocycles. The summed E-state index contributed by atoms with van der Waals surface area (Å²) in [6, 6.07) is 9.19. The number of aryl methyl sites for hydroxylation is 1. The zero-order valence-electron chi connectivity index (χ0n) is 15.3. The van der Waals surface area contributed by atoms with Crippen LogP contribution in [-0.4, -0.2) is 46.3 Å². The van der Waals surface area contributed by atoms with Crippen molar-refractivity contribution < 1.29 is 14.3 Å². The summed E-state index contributed by atoms with van der Waals surface area (Å²) in [5.41, 5.74) is 1.92. The van der Waals surface area contributed by atoms with Gasteiger partial charge in [-0.05, 0) is 37.5 Å². The van der Waals surface area contributed by atoms with E-state index in [2.05, 4.69) is 15.7 Å². The van der Waals surface area contributed by atoms with Crippen LogP contribution in [-0.2, 0) is 13.1 Å². The Bertz CT molecular complexity index is 859. The van der Waals surface area contributed by atoms with E-state index in [0.717, 1.165) is 25.0 Å². The number of methoxy groups -OCH3 is 1. The molecule has 1 aromatic carbocycles. The second-order valence-corrected chi connectivity index (χ2v) is 6.90. The van der Waals surface area contributed by atoms with Gasteiger partial charge in [-0.3, -0.25) is 9.48 Å². The van der Waals surface area contributed by atoms with Crippen LogP contribution in [0.5, 0.6) is 5.75 Å². The number of carbonyl (C=O) groups is 2. The summed E-state index contributed by atoms with van der Waals surface area (Å²) in [5.74, 6) is 0.479. The van der Waals surface area contributed by atoms with Crippen LogP contribution < -0.4 is 15.4 Å². The fourth-order valence-electron chi connectivity index (χ4n) is 3.18. The van der Waals surface area contributed by atoms with Crippen molar-refractivity contribution in [2.24, 2.45) is 0 Å². The molecule has 1 saturated carbocycles. The van der Waals surface area contributed by atoms with Gasteiger partial charge in [0.2, 0.25) is 0 Å². The molecule has 0 saturated heterocycles. The summed E-state index contributed by atoms with van der Waals surface area (Å²) in [7, 11) is 1.57. The molecule has 27 heavy (non-hydrogen) atoms. The first-order chi connectivity index (χ1) is 13.1. The average molecular weight is 369 g/mol. The molecule has 3 amide bonds. The first-order valence-electron chi connectivity index (χ1n) is 9.20. The number of rotatable bonds is 4. The highest BCUT2D eigenvalue weighted by molar-refractivity contribution is 5.93. The highest BCUT2D eigenvalue weighted by atomic mass is 16.5. The molecule has 8 nitrogen and oxygen atoms in total. The third-order valence-electron chi connectivity index (χ3n) is 4.80. The van der Waals surface area contributed by atoms with Crippen molar-refractivity contribution in [3.05, 3.63) is 41.7 Å². The summed E-state index contributed by atoms with van der Waals surface area (Å²) < 4.78 is 7.12. The van der Waals surface area contributed by atoms with E-state index in [0.29, 0.717) is 42.8 Å². The average Bonchev–Trinajstić information content (AvgIpc) is 3.43. The third kappa shape index (κ3) is 3.89. The number of fused-ring (bicyclic) bond motifs is 1. The van der Waals surface area contributed by atoms with Crippen molar-refractivity contribution in [3.63, 3.8) is 0 Å². The predicted octanol–water partition coefficient (Wildman–Crippen LogP) is 2.22. The van der Waals surface area contributed by atoms with E-state index in [4.69, 9.17) is 4.74 Å². The number of carbonyl (C=O) groups excluding carboxylic acids is 2. The van der Waals surface area contributed by atoms with Crippen molar-refractivity contribution in [2.45, 2.75) is 38.4 Å². The molecule has 1 aliphatic heterocycles. The van der Waals surface area contributed by atoms with Gasteiger partial charge in [-0.2, -0.15) is 5.10 Å². The van der Waals surface area contributed by atoms with E-state index in [1.807, 2.05) is 16.8 Å². The van der Waals surface area contributed by atoms with E-state index in [9.17, 15) is 9.59 Å². The predicted molar refractivity (Wildman–Crippen MR) is 99.8 cm³/mol. The molecule has 1 fully saturated rings. The maximum atomic E-state index is 12.7. The van der Waals surface area contributed by atoms with Gasteiger partial charge in [0.05, 0.1) is 25.0 Å². The van der Waals surface area contributed by atoms with Crippen LogP contribution in [0.25, 0.3) is 0 Å². The second kappa shape index (κ2) is 7.30. The molecule has 2 N–H and O–H groups in total. The standard InChI is InChI=1S/C19H23N5O3/c1-27-17-6-3-2-5-15(17)21-19(26)23-9-4-10-24-14(12-23)11-16(22-24)18(25)20-13-7-8-13/h2-3,5-6,11,13H,4,7-10,12H2,1H3,(H,20,25)(H,21,26). The molecule has 2 aromatic rings. The summed E-state index contributed by atoms with van der Waals surface area (Å²) in [5, 5.41) is 10.3. The minimum atomic E-state index is -0.196. The number of benzene rings is 1. The van der Waals surface area contributed by atoms with Crippen LogP contribution in [0.3, 0.4) is 0 Å². The van der Waals surface area contributed by atoms with E-state index < -0.39 is 0 Å². The van der Waals surface area contributed by atoms with Crippen LogP contribution in [0, 0.1) is 0 Å². The molecule has 0 atom stereocenters. The number of nitrogens with zero attached hydrogens (tertiary/aromatic N) is 3. The number of hydrogen-bond acceptors (Lipinski definition) is 4. The third-order valence-corrected chi connectivity index (χ3v) is 4.80. The van der Waals surface area contributed by atoms with Gasteiger partial charge in [0, 0.05) is 19.1 Å². The number of para-hydroxylation sites is 2. The smallest absolute Gasteiger partial charge is 0.322 e. The van der Waals surface area contributed by atoms with Gasteiger partial charge in [-0.15, -0.1) is 0 Å². The Morgan fingerprint density at radius 1 is 1.22 bits per heavy atom. The molecule has 142 valence electrons. The largest absolute Gasteiger partial charge is 0.495 e. The van der Waals surface area contributed by atoms with Gasteiger partial charge < -0.3 is 20.3 Å². The fourth-order valence-corrected chi connectivity index (χ4v) is 3.18. The summed E-state index contributed by atoms with van der Waals surface area (Å²) in [6.07, 6.45) is 2.85. The van der Waals surface area contributed by atoms with Crippen LogP contribution >= 0.6 is 0 Å². The zero-order valence-corrected chi connectivity index (χ0v) is 15.3. The van der Waals surface area contributed by atoms with Crippen molar-refractivity contribution in [2.75, 3.05) is 19.0 Å². The highest BCUT2D eigenvalue weighted by Crippen LogP contribution is 2.24. The first kappa shape index (κ1) is 17.4. The number of anilines is 1.